The first-order valence-corrected chi connectivity index (χ1v) is 5.79. The Labute approximate surface area is 93.4 Å². The van der Waals surface area contributed by atoms with Crippen LogP contribution >= 0.6 is 0 Å². The van der Waals surface area contributed by atoms with Crippen molar-refractivity contribution in [3.8, 4) is 0 Å². The van der Waals surface area contributed by atoms with Crippen molar-refractivity contribution >= 4 is 5.97 Å². The van der Waals surface area contributed by atoms with Crippen LogP contribution < -0.4 is 5.73 Å². The predicted octanol–water partition coefficient (Wildman–Crippen LogP) is 2.48. The number of carbonyl (C=O) groups excluding carboxylic acids is 1. The molecule has 0 saturated heterocycles. The Morgan fingerprint density at radius 1 is 1.40 bits per heavy atom. The van der Waals surface area contributed by atoms with Crippen LogP contribution in [0.3, 0.4) is 0 Å². The monoisotopic (exact) mass is 215 g/mol. The number of esters is 1. The van der Waals surface area contributed by atoms with Crippen molar-refractivity contribution in [2.75, 3.05) is 6.61 Å². The van der Waals surface area contributed by atoms with E-state index in [0.717, 1.165) is 25.7 Å². The molecule has 0 saturated carbocycles. The second-order valence-electron chi connectivity index (χ2n) is 5.23. The summed E-state index contributed by atoms with van der Waals surface area (Å²) in [6.07, 6.45) is 3.64. The molecule has 0 aromatic carbocycles. The number of hydrogen-bond donors (Lipinski definition) is 1. The summed E-state index contributed by atoms with van der Waals surface area (Å²) in [5.41, 5.74) is 5.88. The molecule has 1 unspecified atom stereocenters. The smallest absolute Gasteiger partial charge is 0.322 e. The van der Waals surface area contributed by atoms with Gasteiger partial charge in [-0.1, -0.05) is 40.5 Å². The van der Waals surface area contributed by atoms with E-state index in [2.05, 4.69) is 27.7 Å². The number of carbonyl (C=O) groups is 1. The van der Waals surface area contributed by atoms with Gasteiger partial charge in [0.15, 0.2) is 0 Å². The fourth-order valence-corrected chi connectivity index (χ4v) is 1.11. The summed E-state index contributed by atoms with van der Waals surface area (Å²) >= 11 is 0. The van der Waals surface area contributed by atoms with Crippen LogP contribution in [0.5, 0.6) is 0 Å². The Morgan fingerprint density at radius 3 is 2.47 bits per heavy atom. The average molecular weight is 215 g/mol. The molecule has 0 bridgehead atoms. The van der Waals surface area contributed by atoms with Crippen molar-refractivity contribution in [1.82, 2.24) is 0 Å². The molecule has 1 atom stereocenters. The Balaban J connectivity index is 3.64. The van der Waals surface area contributed by atoms with Gasteiger partial charge in [-0.25, -0.2) is 0 Å². The van der Waals surface area contributed by atoms with Gasteiger partial charge >= 0.3 is 5.97 Å². The van der Waals surface area contributed by atoms with Gasteiger partial charge in [0, 0.05) is 0 Å². The summed E-state index contributed by atoms with van der Waals surface area (Å²) in [5.74, 6) is -0.257. The van der Waals surface area contributed by atoms with Gasteiger partial charge in [0.05, 0.1) is 6.61 Å². The van der Waals surface area contributed by atoms with E-state index < -0.39 is 6.04 Å². The van der Waals surface area contributed by atoms with Crippen LogP contribution in [-0.2, 0) is 9.53 Å². The average Bonchev–Trinajstić information content (AvgIpc) is 2.11. The minimum absolute atomic E-state index is 0.202. The number of hydrogen-bond acceptors (Lipinski definition) is 3. The minimum Gasteiger partial charge on any atom is -0.465 e. The first-order chi connectivity index (χ1) is 6.87. The summed E-state index contributed by atoms with van der Waals surface area (Å²) in [4.78, 5) is 11.4. The summed E-state index contributed by atoms with van der Waals surface area (Å²) in [7, 11) is 0. The van der Waals surface area contributed by atoms with E-state index in [1.165, 1.54) is 0 Å². The van der Waals surface area contributed by atoms with Crippen LogP contribution in [0, 0.1) is 5.41 Å². The Morgan fingerprint density at radius 2 is 2.00 bits per heavy atom. The van der Waals surface area contributed by atoms with Crippen LogP contribution in [-0.4, -0.2) is 18.6 Å². The molecule has 2 N–H and O–H groups in total. The van der Waals surface area contributed by atoms with Crippen LogP contribution in [0.15, 0.2) is 0 Å². The van der Waals surface area contributed by atoms with Crippen molar-refractivity contribution in [1.29, 1.82) is 0 Å². The molecule has 15 heavy (non-hydrogen) atoms. The molecule has 0 aliphatic carbocycles. The lowest BCUT2D eigenvalue weighted by atomic mass is 9.93. The zero-order chi connectivity index (χ0) is 11.9. The molecule has 90 valence electrons. The zero-order valence-electron chi connectivity index (χ0n) is 10.5. The van der Waals surface area contributed by atoms with Gasteiger partial charge in [0.2, 0.25) is 0 Å². The quantitative estimate of drug-likeness (QED) is 0.692. The molecule has 0 aromatic heterocycles. The van der Waals surface area contributed by atoms with E-state index in [-0.39, 0.29) is 11.4 Å². The Kier molecular flexibility index (Phi) is 6.57. The lowest BCUT2D eigenvalue weighted by molar-refractivity contribution is -0.146. The third-order valence-corrected chi connectivity index (χ3v) is 2.27. The van der Waals surface area contributed by atoms with E-state index in [1.54, 1.807) is 0 Å². The molecule has 0 radical (unpaired) electrons. The second-order valence-corrected chi connectivity index (χ2v) is 5.23. The molecule has 0 aliphatic heterocycles. The van der Waals surface area contributed by atoms with Crippen LogP contribution in [0.4, 0.5) is 0 Å². The Bertz CT molecular complexity index is 185. The van der Waals surface area contributed by atoms with E-state index in [9.17, 15) is 4.79 Å². The molecule has 0 spiro atoms. The lowest BCUT2D eigenvalue weighted by Gasteiger charge is -2.18. The molecular weight excluding hydrogens is 190 g/mol. The molecule has 0 rings (SSSR count). The first kappa shape index (κ1) is 14.4. The topological polar surface area (TPSA) is 52.3 Å². The molecule has 0 amide bonds. The van der Waals surface area contributed by atoms with E-state index in [1.807, 2.05) is 0 Å². The van der Waals surface area contributed by atoms with Crippen molar-refractivity contribution in [2.24, 2.45) is 11.1 Å². The highest BCUT2D eigenvalue weighted by atomic mass is 16.5. The fraction of sp³-hybridized carbons (Fsp3) is 0.917. The molecule has 3 nitrogen and oxygen atoms in total. The highest BCUT2D eigenvalue weighted by molar-refractivity contribution is 5.75. The zero-order valence-corrected chi connectivity index (χ0v) is 10.5. The molecule has 0 aliphatic rings. The van der Waals surface area contributed by atoms with E-state index in [4.69, 9.17) is 10.5 Å². The molecule has 0 heterocycles. The molecular formula is C12H25NO2. The summed E-state index contributed by atoms with van der Waals surface area (Å²) in [6.45, 7) is 8.92. The van der Waals surface area contributed by atoms with Gasteiger partial charge in [-0.2, -0.15) is 0 Å². The maximum Gasteiger partial charge on any atom is 0.322 e. The number of ether oxygens (including phenoxy) is 1. The van der Waals surface area contributed by atoms with E-state index >= 15 is 0 Å². The molecule has 3 heteroatoms. The van der Waals surface area contributed by atoms with Crippen LogP contribution in [0.1, 0.15) is 53.4 Å². The normalized spacial score (nSPS) is 13.7. The minimum atomic E-state index is -0.440. The van der Waals surface area contributed by atoms with Gasteiger partial charge in [-0.05, 0) is 18.3 Å². The maximum absolute atomic E-state index is 11.4. The third kappa shape index (κ3) is 8.43. The molecule has 0 fully saturated rings. The maximum atomic E-state index is 11.4. The summed E-state index contributed by atoms with van der Waals surface area (Å²) in [6, 6.07) is -0.440. The predicted molar refractivity (Wildman–Crippen MR) is 62.5 cm³/mol. The molecule has 0 aromatic rings. The standard InChI is InChI=1S/C12H25NO2/c1-5-6-7-10(13)11(14)15-9-8-12(2,3)4/h10H,5-9,13H2,1-4H3. The number of rotatable bonds is 6. The summed E-state index contributed by atoms with van der Waals surface area (Å²) in [5, 5.41) is 0. The SMILES string of the molecule is CCCCC(N)C(=O)OCCC(C)(C)C. The van der Waals surface area contributed by atoms with Gasteiger partial charge in [-0.15, -0.1) is 0 Å². The highest BCUT2D eigenvalue weighted by Gasteiger charge is 2.16. The van der Waals surface area contributed by atoms with Gasteiger partial charge in [-0.3, -0.25) is 4.79 Å². The van der Waals surface area contributed by atoms with Crippen molar-refractivity contribution in [2.45, 2.75) is 59.4 Å². The van der Waals surface area contributed by atoms with E-state index in [0.29, 0.717) is 6.61 Å². The van der Waals surface area contributed by atoms with Gasteiger partial charge < -0.3 is 10.5 Å². The van der Waals surface area contributed by atoms with Crippen molar-refractivity contribution in [3.05, 3.63) is 0 Å². The van der Waals surface area contributed by atoms with Crippen molar-refractivity contribution in [3.63, 3.8) is 0 Å². The first-order valence-electron chi connectivity index (χ1n) is 5.79. The Hall–Kier alpha value is -0.570. The fourth-order valence-electron chi connectivity index (χ4n) is 1.11. The largest absolute Gasteiger partial charge is 0.465 e. The van der Waals surface area contributed by atoms with Gasteiger partial charge in [0.25, 0.3) is 0 Å². The number of nitrogens with two attached hydrogens (primary N) is 1. The lowest BCUT2D eigenvalue weighted by Crippen LogP contribution is -2.32. The third-order valence-electron chi connectivity index (χ3n) is 2.27. The van der Waals surface area contributed by atoms with Gasteiger partial charge in [0.1, 0.15) is 6.04 Å². The highest BCUT2D eigenvalue weighted by Crippen LogP contribution is 2.18. The number of unbranched alkanes of at least 4 members (excludes halogenated alkanes) is 1. The van der Waals surface area contributed by atoms with Crippen molar-refractivity contribution < 1.29 is 9.53 Å². The summed E-state index contributed by atoms with van der Waals surface area (Å²) < 4.78 is 5.11. The van der Waals surface area contributed by atoms with Crippen LogP contribution in [0.2, 0.25) is 0 Å². The van der Waals surface area contributed by atoms with Crippen LogP contribution in [0.25, 0.3) is 0 Å². The second kappa shape index (κ2) is 6.83.